The number of H-pyrrole nitrogens is 2. The Labute approximate surface area is 236 Å². The highest BCUT2D eigenvalue weighted by Crippen LogP contribution is 2.30. The molecule has 0 saturated heterocycles. The largest absolute Gasteiger partial charge is 0.487 e. The zero-order valence-electron chi connectivity index (χ0n) is 22.0. The number of fused-ring (bicyclic) bond motifs is 1. The van der Waals surface area contributed by atoms with Crippen molar-refractivity contribution in [1.29, 1.82) is 0 Å². The first-order valence-corrected chi connectivity index (χ1v) is 12.8. The molecule has 10 nitrogen and oxygen atoms in total. The molecule has 216 valence electrons. The monoisotopic (exact) mass is 589 g/mol. The third-order valence-electron chi connectivity index (χ3n) is 6.17. The van der Waals surface area contributed by atoms with Crippen LogP contribution in [0.1, 0.15) is 58.5 Å². The van der Waals surface area contributed by atoms with E-state index < -0.39 is 46.8 Å². The third-order valence-corrected chi connectivity index (χ3v) is 6.51. The fraction of sp³-hybridized carbons (Fsp3) is 0.286. The number of hydrogen-bond donors (Lipinski definition) is 4. The molecule has 2 heterocycles. The molecule has 2 aromatic carbocycles. The van der Waals surface area contributed by atoms with Crippen LogP contribution >= 0.6 is 11.6 Å². The van der Waals surface area contributed by atoms with Gasteiger partial charge in [-0.05, 0) is 43.7 Å². The molecule has 13 heteroatoms. The van der Waals surface area contributed by atoms with Gasteiger partial charge >= 0.3 is 5.69 Å². The molecule has 0 atom stereocenters. The molecular weight excluding hydrogens is 564 g/mol. The molecular formula is C28H26ClF2N3O7. The Hall–Kier alpha value is -4.13. The van der Waals surface area contributed by atoms with Gasteiger partial charge < -0.3 is 24.9 Å². The number of aliphatic hydroxyl groups is 2. The van der Waals surface area contributed by atoms with E-state index in [1.807, 2.05) is 0 Å². The maximum atomic E-state index is 14.2. The molecule has 0 aliphatic rings. The molecule has 0 spiro atoms. The van der Waals surface area contributed by atoms with E-state index in [0.29, 0.717) is 17.2 Å². The van der Waals surface area contributed by atoms with Crippen molar-refractivity contribution in [2.75, 3.05) is 6.61 Å². The van der Waals surface area contributed by atoms with Crippen LogP contribution in [0.2, 0.25) is 5.02 Å². The Morgan fingerprint density at radius 2 is 1.85 bits per heavy atom. The van der Waals surface area contributed by atoms with E-state index in [0.717, 1.165) is 10.6 Å². The summed E-state index contributed by atoms with van der Waals surface area (Å²) in [5, 5.41) is 19.1. The molecule has 0 aliphatic heterocycles. The van der Waals surface area contributed by atoms with Gasteiger partial charge in [0.2, 0.25) is 5.91 Å². The number of benzene rings is 2. The summed E-state index contributed by atoms with van der Waals surface area (Å²) in [6, 6.07) is 5.88. The van der Waals surface area contributed by atoms with Gasteiger partial charge in [0.25, 0.3) is 5.56 Å². The van der Waals surface area contributed by atoms with E-state index in [1.165, 1.54) is 38.2 Å². The van der Waals surface area contributed by atoms with Crippen LogP contribution in [-0.4, -0.2) is 48.6 Å². The van der Waals surface area contributed by atoms with Crippen molar-refractivity contribution in [3.63, 3.8) is 0 Å². The number of carbonyl (C=O) groups is 2. The summed E-state index contributed by atoms with van der Waals surface area (Å²) in [7, 11) is 0. The van der Waals surface area contributed by atoms with Crippen LogP contribution in [0.5, 0.6) is 5.75 Å². The molecule has 4 rings (SSSR count). The quantitative estimate of drug-likeness (QED) is 0.206. The molecule has 0 fully saturated rings. The Kier molecular flexibility index (Phi) is 8.57. The second kappa shape index (κ2) is 11.8. The van der Waals surface area contributed by atoms with Gasteiger partial charge in [-0.3, -0.25) is 14.4 Å². The van der Waals surface area contributed by atoms with Crippen molar-refractivity contribution in [3.8, 4) is 5.75 Å². The number of nitrogens with one attached hydrogen (secondary N) is 2. The van der Waals surface area contributed by atoms with Crippen LogP contribution in [0, 0.1) is 11.6 Å². The number of aromatic amines is 2. The molecule has 0 radical (unpaired) electrons. The highest BCUT2D eigenvalue weighted by molar-refractivity contribution is 6.32. The molecule has 41 heavy (non-hydrogen) atoms. The van der Waals surface area contributed by atoms with Crippen molar-refractivity contribution in [2.24, 2.45) is 0 Å². The summed E-state index contributed by atoms with van der Waals surface area (Å²) in [5.74, 6) is -2.95. The van der Waals surface area contributed by atoms with E-state index >= 15 is 0 Å². The number of ketones is 1. The number of carbonyl (C=O) groups excluding carboxylic acids is 2. The number of imidazole rings is 1. The molecule has 0 saturated carbocycles. The topological polar surface area (TPSA) is 154 Å². The lowest BCUT2D eigenvalue weighted by atomic mass is 9.94. The van der Waals surface area contributed by atoms with Crippen molar-refractivity contribution in [3.05, 3.63) is 96.3 Å². The van der Waals surface area contributed by atoms with Gasteiger partial charge in [-0.25, -0.2) is 18.1 Å². The fourth-order valence-corrected chi connectivity index (χ4v) is 4.58. The average Bonchev–Trinajstić information content (AvgIpc) is 3.21. The van der Waals surface area contributed by atoms with E-state index in [-0.39, 0.29) is 58.8 Å². The Morgan fingerprint density at radius 3 is 2.51 bits per heavy atom. The predicted molar refractivity (Wildman–Crippen MR) is 146 cm³/mol. The summed E-state index contributed by atoms with van der Waals surface area (Å²) >= 11 is 6.23. The summed E-state index contributed by atoms with van der Waals surface area (Å²) in [6.45, 7) is 2.00. The van der Waals surface area contributed by atoms with Crippen LogP contribution in [-0.2, 0) is 13.0 Å². The van der Waals surface area contributed by atoms with Crippen molar-refractivity contribution in [1.82, 2.24) is 14.5 Å². The minimum absolute atomic E-state index is 0.00774. The number of ether oxygens (including phenoxy) is 1. The van der Waals surface area contributed by atoms with Crippen LogP contribution < -0.4 is 16.0 Å². The standard InChI is InChI=1S/C28H26ClF2N3O7/c1-28(2,40)11-21(36)18-8-14(9-20-24(18)33-27(39)34(20)22(37)5-6-35)7-16-12-32-26(38)23(29)25(16)41-13-15-3-4-17(30)10-19(15)31/h3-4,8-10,12,35,40H,5-7,11,13H2,1-2H3,(H,32,38)(H,33,39). The highest BCUT2D eigenvalue weighted by Gasteiger charge is 2.25. The minimum atomic E-state index is -1.38. The first-order valence-electron chi connectivity index (χ1n) is 12.4. The first kappa shape index (κ1) is 29.8. The normalized spacial score (nSPS) is 11.7. The fourth-order valence-electron chi connectivity index (χ4n) is 4.35. The summed E-state index contributed by atoms with van der Waals surface area (Å²) in [6.07, 6.45) is 0.626. The maximum Gasteiger partial charge on any atom is 0.333 e. The number of aliphatic hydroxyl groups excluding tert-OH is 1. The summed E-state index contributed by atoms with van der Waals surface area (Å²) in [4.78, 5) is 55.8. The summed E-state index contributed by atoms with van der Waals surface area (Å²) in [5.41, 5.74) is -2.00. The molecule has 4 N–H and O–H groups in total. The number of aromatic nitrogens is 3. The van der Waals surface area contributed by atoms with Crippen molar-refractivity contribution < 1.29 is 33.3 Å². The van der Waals surface area contributed by atoms with Gasteiger partial charge in [0, 0.05) is 41.8 Å². The SMILES string of the molecule is CC(C)(O)CC(=O)c1cc(Cc2c[nH]c(=O)c(Cl)c2OCc2ccc(F)cc2F)cc2c1[nH]c(=O)n2C(=O)CCO. The number of hydrogen-bond acceptors (Lipinski definition) is 7. The van der Waals surface area contributed by atoms with Gasteiger partial charge in [0.1, 0.15) is 29.0 Å². The van der Waals surface area contributed by atoms with Gasteiger partial charge in [-0.1, -0.05) is 11.6 Å². The van der Waals surface area contributed by atoms with Crippen LogP contribution in [0.15, 0.2) is 46.1 Å². The Balaban J connectivity index is 1.82. The molecule has 0 unspecified atom stereocenters. The first-order chi connectivity index (χ1) is 19.3. The number of halogens is 3. The predicted octanol–water partition coefficient (Wildman–Crippen LogP) is 3.49. The molecule has 0 amide bonds. The number of rotatable bonds is 10. The number of Topliss-reactive ketones (excluding diaryl/α,β-unsaturated/α-hetero) is 1. The van der Waals surface area contributed by atoms with Gasteiger partial charge in [0.15, 0.2) is 5.78 Å². The lowest BCUT2D eigenvalue weighted by Gasteiger charge is -2.17. The highest BCUT2D eigenvalue weighted by atomic mass is 35.5. The molecule has 4 aromatic rings. The second-order valence-electron chi connectivity index (χ2n) is 10.1. The molecule has 0 bridgehead atoms. The minimum Gasteiger partial charge on any atom is -0.487 e. The lowest BCUT2D eigenvalue weighted by Crippen LogP contribution is -2.24. The van der Waals surface area contributed by atoms with Gasteiger partial charge in [0.05, 0.1) is 29.7 Å². The number of pyridine rings is 1. The number of nitrogens with zero attached hydrogens (tertiary/aromatic N) is 1. The van der Waals surface area contributed by atoms with Crippen LogP contribution in [0.4, 0.5) is 8.78 Å². The van der Waals surface area contributed by atoms with E-state index in [4.69, 9.17) is 16.3 Å². The van der Waals surface area contributed by atoms with Gasteiger partial charge in [-0.15, -0.1) is 0 Å². The lowest BCUT2D eigenvalue weighted by molar-refractivity contribution is 0.0588. The van der Waals surface area contributed by atoms with E-state index in [2.05, 4.69) is 9.97 Å². The Bertz CT molecular complexity index is 1770. The summed E-state index contributed by atoms with van der Waals surface area (Å²) < 4.78 is 34.0. The van der Waals surface area contributed by atoms with E-state index in [1.54, 1.807) is 0 Å². The van der Waals surface area contributed by atoms with Crippen molar-refractivity contribution in [2.45, 2.75) is 45.3 Å². The third kappa shape index (κ3) is 6.62. The maximum absolute atomic E-state index is 14.2. The van der Waals surface area contributed by atoms with Gasteiger partial charge in [-0.2, -0.15) is 0 Å². The zero-order valence-corrected chi connectivity index (χ0v) is 22.8. The second-order valence-corrected chi connectivity index (χ2v) is 10.4. The van der Waals surface area contributed by atoms with E-state index in [9.17, 15) is 38.2 Å². The van der Waals surface area contributed by atoms with Crippen LogP contribution in [0.25, 0.3) is 11.0 Å². The Morgan fingerprint density at radius 1 is 1.12 bits per heavy atom. The average molecular weight is 590 g/mol. The smallest absolute Gasteiger partial charge is 0.333 e. The van der Waals surface area contributed by atoms with Crippen molar-refractivity contribution >= 4 is 34.3 Å². The van der Waals surface area contributed by atoms with Crippen LogP contribution in [0.3, 0.4) is 0 Å². The molecule has 2 aromatic heterocycles. The zero-order chi connectivity index (χ0) is 30.1. The molecule has 0 aliphatic carbocycles.